The lowest BCUT2D eigenvalue weighted by Crippen LogP contribution is -2.27. The molecule has 1 fully saturated rings. The first kappa shape index (κ1) is 11.9. The maximum absolute atomic E-state index is 11.4. The van der Waals surface area contributed by atoms with E-state index < -0.39 is 0 Å². The molecule has 1 aromatic rings. The van der Waals surface area contributed by atoms with E-state index in [4.69, 9.17) is 10.5 Å². The van der Waals surface area contributed by atoms with Crippen molar-refractivity contribution in [3.63, 3.8) is 0 Å². The van der Waals surface area contributed by atoms with Crippen LogP contribution in [0.5, 0.6) is 0 Å². The molecule has 0 saturated carbocycles. The van der Waals surface area contributed by atoms with Gasteiger partial charge in [0, 0.05) is 12.3 Å². The van der Waals surface area contributed by atoms with Crippen LogP contribution in [0.3, 0.4) is 0 Å². The van der Waals surface area contributed by atoms with Gasteiger partial charge in [-0.3, -0.25) is 0 Å². The van der Waals surface area contributed by atoms with Crippen molar-refractivity contribution in [1.82, 2.24) is 0 Å². The highest BCUT2D eigenvalue weighted by atomic mass is 16.5. The second kappa shape index (κ2) is 5.19. The number of carbonyl (C=O) groups is 1. The summed E-state index contributed by atoms with van der Waals surface area (Å²) in [5.74, 6) is -0.328. The van der Waals surface area contributed by atoms with Crippen molar-refractivity contribution in [2.45, 2.75) is 25.4 Å². The molecule has 0 spiro atoms. The predicted molar refractivity (Wildman–Crippen MR) is 64.9 cm³/mol. The van der Waals surface area contributed by atoms with Gasteiger partial charge in [0.2, 0.25) is 0 Å². The quantitative estimate of drug-likeness (QED) is 0.638. The van der Waals surface area contributed by atoms with Gasteiger partial charge >= 0.3 is 5.97 Å². The summed E-state index contributed by atoms with van der Waals surface area (Å²) in [6.45, 7) is 0.863. The molecule has 1 saturated heterocycles. The maximum atomic E-state index is 11.4. The van der Waals surface area contributed by atoms with Crippen LogP contribution >= 0.6 is 0 Å². The summed E-state index contributed by atoms with van der Waals surface area (Å²) in [7, 11) is 1.38. The molecular formula is C13H17NO3. The zero-order valence-corrected chi connectivity index (χ0v) is 9.94. The van der Waals surface area contributed by atoms with Crippen molar-refractivity contribution in [3.8, 4) is 0 Å². The first-order valence-corrected chi connectivity index (χ1v) is 5.79. The second-order valence-electron chi connectivity index (χ2n) is 4.23. The van der Waals surface area contributed by atoms with Crippen molar-refractivity contribution in [2.24, 2.45) is 0 Å². The highest BCUT2D eigenvalue weighted by Crippen LogP contribution is 2.21. The molecule has 0 aromatic heterocycles. The molecule has 2 rings (SSSR count). The van der Waals surface area contributed by atoms with E-state index in [0.29, 0.717) is 11.7 Å². The van der Waals surface area contributed by atoms with E-state index in [-0.39, 0.29) is 5.97 Å². The largest absolute Gasteiger partial charge is 0.465 e. The Labute approximate surface area is 101 Å². The van der Waals surface area contributed by atoms with Crippen molar-refractivity contribution in [3.05, 3.63) is 29.3 Å². The van der Waals surface area contributed by atoms with Gasteiger partial charge < -0.3 is 15.2 Å². The van der Waals surface area contributed by atoms with Crippen LogP contribution in [0.1, 0.15) is 28.8 Å². The third kappa shape index (κ3) is 2.77. The van der Waals surface area contributed by atoms with Gasteiger partial charge in [-0.25, -0.2) is 4.79 Å². The lowest BCUT2D eigenvalue weighted by Gasteiger charge is -2.26. The Morgan fingerprint density at radius 1 is 1.59 bits per heavy atom. The van der Waals surface area contributed by atoms with E-state index in [1.165, 1.54) is 7.11 Å². The average Bonchev–Trinajstić information content (AvgIpc) is 2.28. The molecule has 0 unspecified atom stereocenters. The van der Waals surface area contributed by atoms with Gasteiger partial charge in [0.1, 0.15) is 0 Å². The van der Waals surface area contributed by atoms with Gasteiger partial charge in [-0.15, -0.1) is 0 Å². The second-order valence-corrected chi connectivity index (χ2v) is 4.23. The first-order valence-electron chi connectivity index (χ1n) is 5.79. The molecule has 0 radical (unpaired) electrons. The highest BCUT2D eigenvalue weighted by Gasteiger charge is 2.18. The van der Waals surface area contributed by atoms with Gasteiger partial charge in [0.05, 0.1) is 18.8 Å². The monoisotopic (exact) mass is 235 g/mol. The summed E-state index contributed by atoms with van der Waals surface area (Å²) in [5, 5.41) is 0. The van der Waals surface area contributed by atoms with Gasteiger partial charge in [0.15, 0.2) is 0 Å². The molecule has 92 valence electrons. The number of ether oxygens (including phenoxy) is 2. The van der Waals surface area contributed by atoms with Crippen molar-refractivity contribution < 1.29 is 14.3 Å². The number of esters is 1. The molecule has 4 nitrogen and oxygen atoms in total. The fourth-order valence-electron chi connectivity index (χ4n) is 1.90. The number of anilines is 1. The Bertz CT molecular complexity index is 413. The number of nitrogens with two attached hydrogens (primary N) is 1. The summed E-state index contributed by atoms with van der Waals surface area (Å²) in [4.78, 5) is 11.4. The molecule has 0 aliphatic carbocycles. The van der Waals surface area contributed by atoms with Crippen molar-refractivity contribution in [1.29, 1.82) is 0 Å². The number of hydrogen-bond donors (Lipinski definition) is 1. The van der Waals surface area contributed by atoms with Crippen molar-refractivity contribution >= 4 is 11.7 Å². The number of nitrogen functional groups attached to an aromatic ring is 1. The number of rotatable bonds is 4. The van der Waals surface area contributed by atoms with Crippen LogP contribution in [0.25, 0.3) is 0 Å². The molecule has 0 bridgehead atoms. The van der Waals surface area contributed by atoms with Gasteiger partial charge in [-0.1, -0.05) is 0 Å². The molecule has 1 aromatic carbocycles. The summed E-state index contributed by atoms with van der Waals surface area (Å²) < 4.78 is 10.0. The summed E-state index contributed by atoms with van der Waals surface area (Å²) >= 11 is 0. The van der Waals surface area contributed by atoms with E-state index >= 15 is 0 Å². The maximum Gasteiger partial charge on any atom is 0.337 e. The Morgan fingerprint density at radius 2 is 2.35 bits per heavy atom. The molecule has 1 aliphatic rings. The third-order valence-electron chi connectivity index (χ3n) is 3.09. The summed E-state index contributed by atoms with van der Waals surface area (Å²) in [6.07, 6.45) is 3.27. The van der Waals surface area contributed by atoms with Crippen LogP contribution < -0.4 is 5.73 Å². The predicted octanol–water partition coefficient (Wildman–Crippen LogP) is 1.78. The van der Waals surface area contributed by atoms with Gasteiger partial charge in [0.25, 0.3) is 0 Å². The summed E-state index contributed by atoms with van der Waals surface area (Å²) in [6, 6.07) is 5.24. The van der Waals surface area contributed by atoms with Crippen LogP contribution in [-0.2, 0) is 15.9 Å². The van der Waals surface area contributed by atoms with Crippen LogP contribution in [0.2, 0.25) is 0 Å². The van der Waals surface area contributed by atoms with Crippen molar-refractivity contribution in [2.75, 3.05) is 19.5 Å². The molecular weight excluding hydrogens is 218 g/mol. The minimum atomic E-state index is -0.328. The number of aryl methyl sites for hydroxylation is 1. The molecule has 17 heavy (non-hydrogen) atoms. The molecule has 4 heteroatoms. The smallest absolute Gasteiger partial charge is 0.337 e. The van der Waals surface area contributed by atoms with Crippen LogP contribution in [0.15, 0.2) is 18.2 Å². The Morgan fingerprint density at radius 3 is 2.94 bits per heavy atom. The topological polar surface area (TPSA) is 61.5 Å². The third-order valence-corrected chi connectivity index (χ3v) is 3.09. The van der Waals surface area contributed by atoms with Crippen LogP contribution in [0, 0.1) is 0 Å². The first-order chi connectivity index (χ1) is 8.20. The molecule has 0 amide bonds. The van der Waals surface area contributed by atoms with Crippen LogP contribution in [-0.4, -0.2) is 25.8 Å². The molecule has 2 N–H and O–H groups in total. The molecule has 1 heterocycles. The minimum absolute atomic E-state index is 0.328. The van der Waals surface area contributed by atoms with E-state index in [0.717, 1.165) is 37.1 Å². The molecule has 1 atom stereocenters. The highest BCUT2D eigenvalue weighted by molar-refractivity contribution is 5.90. The van der Waals surface area contributed by atoms with Gasteiger partial charge in [-0.2, -0.15) is 0 Å². The SMILES string of the molecule is COC(=O)c1ccc(N)c(CC[C@@H]2CCO2)c1. The number of methoxy groups -OCH3 is 1. The Kier molecular flexibility index (Phi) is 3.64. The lowest BCUT2D eigenvalue weighted by molar-refractivity contribution is -0.0541. The van der Waals surface area contributed by atoms with E-state index in [2.05, 4.69) is 4.74 Å². The summed E-state index contributed by atoms with van der Waals surface area (Å²) in [5.41, 5.74) is 8.14. The number of hydrogen-bond acceptors (Lipinski definition) is 4. The Balaban J connectivity index is 2.05. The van der Waals surface area contributed by atoms with E-state index in [1.54, 1.807) is 18.2 Å². The van der Waals surface area contributed by atoms with Gasteiger partial charge in [-0.05, 0) is 43.0 Å². The zero-order chi connectivity index (χ0) is 12.3. The normalized spacial score (nSPS) is 18.5. The van der Waals surface area contributed by atoms with E-state index in [1.807, 2.05) is 0 Å². The fourth-order valence-corrected chi connectivity index (χ4v) is 1.90. The average molecular weight is 235 g/mol. The molecule has 1 aliphatic heterocycles. The number of benzene rings is 1. The minimum Gasteiger partial charge on any atom is -0.465 e. The van der Waals surface area contributed by atoms with E-state index in [9.17, 15) is 4.79 Å². The lowest BCUT2D eigenvalue weighted by atomic mass is 10.00. The number of carbonyl (C=O) groups excluding carboxylic acids is 1. The van der Waals surface area contributed by atoms with Crippen LogP contribution in [0.4, 0.5) is 5.69 Å². The zero-order valence-electron chi connectivity index (χ0n) is 9.94. The fraction of sp³-hybridized carbons (Fsp3) is 0.462. The standard InChI is InChI=1S/C13H17NO3/c1-16-13(15)10-3-5-12(14)9(8-10)2-4-11-6-7-17-11/h3,5,8,11H,2,4,6-7,14H2,1H3/t11-/m1/s1. The Hall–Kier alpha value is -1.55.